The predicted molar refractivity (Wildman–Crippen MR) is 57.8 cm³/mol. The third-order valence-corrected chi connectivity index (χ3v) is 2.78. The van der Waals surface area contributed by atoms with Crippen LogP contribution in [0.15, 0.2) is 22.7 Å². The van der Waals surface area contributed by atoms with Crippen molar-refractivity contribution in [1.29, 1.82) is 5.26 Å². The number of nitriles is 1. The van der Waals surface area contributed by atoms with E-state index in [4.69, 9.17) is 5.26 Å². The fourth-order valence-corrected chi connectivity index (χ4v) is 2.03. The Hall–Kier alpha value is -1.34. The summed E-state index contributed by atoms with van der Waals surface area (Å²) in [7, 11) is 0. The van der Waals surface area contributed by atoms with Gasteiger partial charge in [0.1, 0.15) is 11.8 Å². The van der Waals surface area contributed by atoms with E-state index in [1.165, 1.54) is 0 Å². The van der Waals surface area contributed by atoms with Crippen LogP contribution >= 0.6 is 15.9 Å². The first-order chi connectivity index (χ1) is 6.77. The van der Waals surface area contributed by atoms with Crippen LogP contribution in [-0.2, 0) is 6.54 Å². The van der Waals surface area contributed by atoms with E-state index in [1.54, 1.807) is 4.68 Å². The molecule has 0 atom stereocenters. The minimum Gasteiger partial charge on any atom is -0.254 e. The van der Waals surface area contributed by atoms with Crippen molar-refractivity contribution < 1.29 is 0 Å². The van der Waals surface area contributed by atoms with Gasteiger partial charge in [-0.15, -0.1) is 0 Å². The minimum atomic E-state index is 0.620. The Balaban J connectivity index is 2.90. The standard InChI is InChI=1S/C10H8BrN3/c1-2-14-9(6-12)10-7(11)4-3-5-8(10)13-14/h3-5H,2H2,1H3. The molecule has 70 valence electrons. The van der Waals surface area contributed by atoms with Crippen molar-refractivity contribution in [1.82, 2.24) is 9.78 Å². The second-order valence-electron chi connectivity index (χ2n) is 2.91. The van der Waals surface area contributed by atoms with Gasteiger partial charge >= 0.3 is 0 Å². The van der Waals surface area contributed by atoms with Gasteiger partial charge in [0.15, 0.2) is 0 Å². The molecular weight excluding hydrogens is 242 g/mol. The summed E-state index contributed by atoms with van der Waals surface area (Å²) in [5.41, 5.74) is 1.48. The third-order valence-electron chi connectivity index (χ3n) is 2.12. The molecule has 0 spiro atoms. The topological polar surface area (TPSA) is 41.6 Å². The summed E-state index contributed by atoms with van der Waals surface area (Å²) in [4.78, 5) is 0. The molecule has 1 heterocycles. The largest absolute Gasteiger partial charge is 0.254 e. The fourth-order valence-electron chi connectivity index (χ4n) is 1.48. The van der Waals surface area contributed by atoms with Gasteiger partial charge in [-0.1, -0.05) is 6.07 Å². The molecule has 0 radical (unpaired) electrons. The van der Waals surface area contributed by atoms with Crippen molar-refractivity contribution in [2.24, 2.45) is 0 Å². The Morgan fingerprint density at radius 3 is 3.00 bits per heavy atom. The molecule has 1 aromatic heterocycles. The number of aromatic nitrogens is 2. The van der Waals surface area contributed by atoms with Gasteiger partial charge in [-0.3, -0.25) is 4.68 Å². The van der Waals surface area contributed by atoms with Crippen molar-refractivity contribution >= 4 is 26.8 Å². The Labute approximate surface area is 90.1 Å². The van der Waals surface area contributed by atoms with Crippen LogP contribution in [0, 0.1) is 11.3 Å². The fraction of sp³-hybridized carbons (Fsp3) is 0.200. The molecular formula is C10H8BrN3. The molecule has 4 heteroatoms. The lowest BCUT2D eigenvalue weighted by Gasteiger charge is -1.95. The number of halogens is 1. The number of nitrogens with zero attached hydrogens (tertiary/aromatic N) is 3. The Kier molecular flexibility index (Phi) is 2.26. The highest BCUT2D eigenvalue weighted by Crippen LogP contribution is 2.26. The summed E-state index contributed by atoms with van der Waals surface area (Å²) in [6.45, 7) is 2.69. The summed E-state index contributed by atoms with van der Waals surface area (Å²) < 4.78 is 2.64. The first-order valence-electron chi connectivity index (χ1n) is 4.33. The van der Waals surface area contributed by atoms with Crippen LogP contribution < -0.4 is 0 Å². The van der Waals surface area contributed by atoms with Gasteiger partial charge < -0.3 is 0 Å². The number of hydrogen-bond donors (Lipinski definition) is 0. The molecule has 0 fully saturated rings. The summed E-state index contributed by atoms with van der Waals surface area (Å²) in [6.07, 6.45) is 0. The quantitative estimate of drug-likeness (QED) is 0.780. The molecule has 1 aromatic carbocycles. The number of rotatable bonds is 1. The number of fused-ring (bicyclic) bond motifs is 1. The molecule has 0 amide bonds. The summed E-state index contributed by atoms with van der Waals surface area (Å²) in [6, 6.07) is 7.93. The summed E-state index contributed by atoms with van der Waals surface area (Å²) >= 11 is 3.43. The van der Waals surface area contributed by atoms with E-state index in [1.807, 2.05) is 25.1 Å². The second-order valence-corrected chi connectivity index (χ2v) is 3.76. The van der Waals surface area contributed by atoms with Gasteiger partial charge in [-0.05, 0) is 35.0 Å². The van der Waals surface area contributed by atoms with Gasteiger partial charge in [0.25, 0.3) is 0 Å². The van der Waals surface area contributed by atoms with Gasteiger partial charge in [0.05, 0.1) is 10.9 Å². The summed E-state index contributed by atoms with van der Waals surface area (Å²) in [5, 5.41) is 14.3. The second kappa shape index (κ2) is 3.43. The van der Waals surface area contributed by atoms with E-state index in [0.717, 1.165) is 15.4 Å². The normalized spacial score (nSPS) is 10.4. The maximum atomic E-state index is 9.03. The van der Waals surface area contributed by atoms with Crippen molar-refractivity contribution in [3.05, 3.63) is 28.4 Å². The Bertz CT molecular complexity index is 522. The lowest BCUT2D eigenvalue weighted by molar-refractivity contribution is 0.659. The van der Waals surface area contributed by atoms with E-state index in [-0.39, 0.29) is 0 Å². The molecule has 0 unspecified atom stereocenters. The zero-order chi connectivity index (χ0) is 10.1. The molecule has 2 rings (SSSR count). The highest BCUT2D eigenvalue weighted by molar-refractivity contribution is 9.10. The molecule has 0 N–H and O–H groups in total. The van der Waals surface area contributed by atoms with Crippen LogP contribution in [-0.4, -0.2) is 9.78 Å². The maximum Gasteiger partial charge on any atom is 0.147 e. The average Bonchev–Trinajstić information content (AvgIpc) is 2.56. The van der Waals surface area contributed by atoms with E-state index in [0.29, 0.717) is 12.2 Å². The van der Waals surface area contributed by atoms with Gasteiger partial charge in [-0.25, -0.2) is 0 Å². The van der Waals surface area contributed by atoms with Gasteiger partial charge in [-0.2, -0.15) is 10.4 Å². The molecule has 0 aliphatic carbocycles. The lowest BCUT2D eigenvalue weighted by Crippen LogP contribution is -1.98. The van der Waals surface area contributed by atoms with Crippen LogP contribution in [0.2, 0.25) is 0 Å². The maximum absolute atomic E-state index is 9.03. The Morgan fingerprint density at radius 1 is 1.57 bits per heavy atom. The molecule has 2 aromatic rings. The molecule has 0 aliphatic heterocycles. The van der Waals surface area contributed by atoms with E-state index in [2.05, 4.69) is 27.1 Å². The number of benzene rings is 1. The van der Waals surface area contributed by atoms with Crippen molar-refractivity contribution in [2.45, 2.75) is 13.5 Å². The van der Waals surface area contributed by atoms with E-state index < -0.39 is 0 Å². The van der Waals surface area contributed by atoms with Gasteiger partial charge in [0, 0.05) is 11.0 Å². The zero-order valence-electron chi connectivity index (χ0n) is 7.66. The van der Waals surface area contributed by atoms with Crippen LogP contribution in [0.5, 0.6) is 0 Å². The first kappa shape index (κ1) is 9.22. The van der Waals surface area contributed by atoms with Crippen LogP contribution in [0.1, 0.15) is 12.6 Å². The van der Waals surface area contributed by atoms with Crippen LogP contribution in [0.4, 0.5) is 0 Å². The van der Waals surface area contributed by atoms with Crippen molar-refractivity contribution in [3.8, 4) is 6.07 Å². The van der Waals surface area contributed by atoms with Gasteiger partial charge in [0.2, 0.25) is 0 Å². The third kappa shape index (κ3) is 1.21. The monoisotopic (exact) mass is 249 g/mol. The van der Waals surface area contributed by atoms with Crippen LogP contribution in [0.3, 0.4) is 0 Å². The average molecular weight is 250 g/mol. The lowest BCUT2D eigenvalue weighted by atomic mass is 10.2. The number of hydrogen-bond acceptors (Lipinski definition) is 2. The first-order valence-corrected chi connectivity index (χ1v) is 5.12. The summed E-state index contributed by atoms with van der Waals surface area (Å²) in [5.74, 6) is 0. The molecule has 3 nitrogen and oxygen atoms in total. The van der Waals surface area contributed by atoms with Crippen LogP contribution in [0.25, 0.3) is 10.9 Å². The smallest absolute Gasteiger partial charge is 0.147 e. The number of aryl methyl sites for hydroxylation is 1. The SMILES string of the molecule is CCn1nc2cccc(Br)c2c1C#N. The molecule has 0 saturated heterocycles. The van der Waals surface area contributed by atoms with E-state index >= 15 is 0 Å². The Morgan fingerprint density at radius 2 is 2.36 bits per heavy atom. The molecule has 14 heavy (non-hydrogen) atoms. The predicted octanol–water partition coefficient (Wildman–Crippen LogP) is 2.69. The minimum absolute atomic E-state index is 0.620. The van der Waals surface area contributed by atoms with Crippen molar-refractivity contribution in [2.75, 3.05) is 0 Å². The highest BCUT2D eigenvalue weighted by Gasteiger charge is 2.11. The molecule has 0 bridgehead atoms. The molecule has 0 saturated carbocycles. The zero-order valence-corrected chi connectivity index (χ0v) is 9.24. The molecule has 0 aliphatic rings. The highest BCUT2D eigenvalue weighted by atomic mass is 79.9. The van der Waals surface area contributed by atoms with Crippen molar-refractivity contribution in [3.63, 3.8) is 0 Å². The van der Waals surface area contributed by atoms with E-state index in [9.17, 15) is 0 Å².